The summed E-state index contributed by atoms with van der Waals surface area (Å²) in [6.45, 7) is 0.970. The summed E-state index contributed by atoms with van der Waals surface area (Å²) in [5.74, 6) is -133. The molecule has 0 bridgehead atoms. The van der Waals surface area contributed by atoms with Gasteiger partial charge in [-0.25, -0.2) is 140 Å². The highest BCUT2D eigenvalue weighted by atomic mass is 31.2. The second-order valence-corrected chi connectivity index (χ2v) is 36.1. The van der Waals surface area contributed by atoms with Gasteiger partial charge in [0.25, 0.3) is 0 Å². The van der Waals surface area contributed by atoms with Crippen molar-refractivity contribution in [3.05, 3.63) is 426 Å². The molecule has 0 amide bonds. The van der Waals surface area contributed by atoms with E-state index in [1.807, 2.05) is 109 Å². The third-order valence-electron chi connectivity index (χ3n) is 21.9. The topological polar surface area (TPSA) is 18.5 Å². The summed E-state index contributed by atoms with van der Waals surface area (Å²) in [5, 5.41) is -10.8. The van der Waals surface area contributed by atoms with Crippen molar-refractivity contribution in [1.29, 1.82) is 0 Å². The van der Waals surface area contributed by atoms with E-state index < -0.39 is 339 Å². The van der Waals surface area contributed by atoms with Crippen LogP contribution in [0.15, 0.2) is 182 Å². The van der Waals surface area contributed by atoms with Crippen molar-refractivity contribution in [2.24, 2.45) is 0 Å². The summed E-state index contributed by atoms with van der Waals surface area (Å²) in [6, 6.07) is 47.8. The van der Waals surface area contributed by atoms with Crippen LogP contribution < -0.4 is 43.1 Å². The van der Waals surface area contributed by atoms with E-state index in [2.05, 4.69) is 0 Å². The van der Waals surface area contributed by atoms with E-state index in [0.29, 0.717) is 26.0 Å². The molecule has 0 aromatic heterocycles. The van der Waals surface area contributed by atoms with E-state index in [4.69, 9.17) is 9.31 Å². The van der Waals surface area contributed by atoms with Crippen molar-refractivity contribution in [3.63, 3.8) is 0 Å². The maximum atomic E-state index is 16.4. The van der Waals surface area contributed by atoms with Crippen LogP contribution >= 0.6 is 14.5 Å². The van der Waals surface area contributed by atoms with Gasteiger partial charge < -0.3 is 9.31 Å². The Balaban J connectivity index is 0.000000219. The van der Waals surface area contributed by atoms with E-state index in [-0.39, 0.29) is 23.3 Å². The first-order valence-corrected chi connectivity index (χ1v) is 42.1. The quantitative estimate of drug-likeness (QED) is 0.0355. The molecule has 46 heteroatoms. The van der Waals surface area contributed by atoms with Crippen LogP contribution in [0.4, 0.5) is 176 Å². The maximum Gasteiger partial charge on any atom is 0.225 e. The van der Waals surface area contributed by atoms with Crippen molar-refractivity contribution in [3.8, 4) is 0 Å². The Hall–Kier alpha value is -12.6. The van der Waals surface area contributed by atoms with Crippen LogP contribution in [0, 0.1) is 233 Å². The minimum Gasteiger partial charge on any atom is -0.544 e. The molecule has 2 saturated heterocycles. The molecule has 0 N–H and O–H groups in total. The van der Waals surface area contributed by atoms with Gasteiger partial charge in [0.15, 0.2) is 103 Å². The van der Waals surface area contributed by atoms with Gasteiger partial charge in [-0.2, -0.15) is 35.1 Å². The third-order valence-corrected chi connectivity index (χ3v) is 32.3. The minimum absolute atomic E-state index is 0.184. The molecule has 13 aromatic rings. The van der Waals surface area contributed by atoms with E-state index in [1.54, 1.807) is 0 Å². The molecule has 0 saturated carbocycles. The molecule has 0 radical (unpaired) electrons. The molecular formula is C90H46B2F40O2P2. The summed E-state index contributed by atoms with van der Waals surface area (Å²) in [5.41, 5.74) is -18.8. The molecule has 0 unspecified atom stereocenters. The maximum absolute atomic E-state index is 16.4. The van der Waals surface area contributed by atoms with Gasteiger partial charge >= 0.3 is 0 Å². The van der Waals surface area contributed by atoms with Crippen LogP contribution in [-0.4, -0.2) is 35.5 Å². The zero-order chi connectivity index (χ0) is 101. The monoisotopic (exact) mass is 2000 g/mol. The number of halogens is 40. The average Bonchev–Trinajstić information content (AvgIpc) is 1.49. The molecule has 4 atom stereocenters. The Bertz CT molecular complexity index is 5810. The Morgan fingerprint density at radius 1 is 0.191 bits per heavy atom. The fourth-order valence-electron chi connectivity index (χ4n) is 16.5. The van der Waals surface area contributed by atoms with Gasteiger partial charge in [-0.1, -0.05) is 218 Å². The molecule has 2 nitrogen and oxygen atoms in total. The molecule has 2 heterocycles. The van der Waals surface area contributed by atoms with Crippen LogP contribution in [0.25, 0.3) is 12.2 Å². The van der Waals surface area contributed by atoms with E-state index >= 15 is 140 Å². The second-order valence-electron chi connectivity index (χ2n) is 28.9. The van der Waals surface area contributed by atoms with E-state index in [9.17, 15) is 35.1 Å². The van der Waals surface area contributed by atoms with Gasteiger partial charge in [-0.05, 0) is 47.2 Å². The number of hydrogen-bond acceptors (Lipinski definition) is 2. The zero-order valence-corrected chi connectivity index (χ0v) is 69.0. The lowest BCUT2D eigenvalue weighted by molar-refractivity contribution is 0.326. The minimum atomic E-state index is -6.74. The summed E-state index contributed by atoms with van der Waals surface area (Å²) in [4.78, 5) is 0. The summed E-state index contributed by atoms with van der Waals surface area (Å²) in [6.07, 6.45) is -13.9. The Morgan fingerprint density at radius 2 is 0.316 bits per heavy atom. The van der Waals surface area contributed by atoms with Crippen LogP contribution in [0.2, 0.25) is 0 Å². The highest BCUT2D eigenvalue weighted by Gasteiger charge is 2.76. The molecule has 2 aliphatic heterocycles. The lowest BCUT2D eigenvalue weighted by Gasteiger charge is -2.43. The van der Waals surface area contributed by atoms with Crippen molar-refractivity contribution < 1.29 is 185 Å². The molecule has 2 fully saturated rings. The van der Waals surface area contributed by atoms with E-state index in [1.165, 1.54) is 36.4 Å². The van der Waals surface area contributed by atoms with Crippen molar-refractivity contribution in [2.45, 2.75) is 49.5 Å². The molecule has 714 valence electrons. The normalized spacial score (nSPS) is 16.2. The molecule has 2 aliphatic rings. The van der Waals surface area contributed by atoms with Crippen LogP contribution in [-0.2, 0) is 9.31 Å². The predicted molar refractivity (Wildman–Crippen MR) is 420 cm³/mol. The second kappa shape index (κ2) is 41.2. The lowest BCUT2D eigenvalue weighted by atomic mass is 9.28. The van der Waals surface area contributed by atoms with Crippen molar-refractivity contribution in [2.75, 3.05) is 0 Å². The third kappa shape index (κ3) is 17.1. The highest BCUT2D eigenvalue weighted by molar-refractivity contribution is 7.94. The van der Waals surface area contributed by atoms with Crippen LogP contribution in [0.3, 0.4) is 0 Å². The van der Waals surface area contributed by atoms with Gasteiger partial charge in [0.2, 0.25) is 129 Å². The number of rotatable bonds is 14. The predicted octanol–water partition coefficient (Wildman–Crippen LogP) is 24.2. The summed E-state index contributed by atoms with van der Waals surface area (Å²) >= 11 is 0. The highest BCUT2D eigenvalue weighted by Crippen LogP contribution is 2.76. The molecule has 0 aliphatic carbocycles. The molecule has 136 heavy (non-hydrogen) atoms. The number of benzene rings is 13. The first-order valence-electron chi connectivity index (χ1n) is 38.2. The largest absolute Gasteiger partial charge is 0.544 e. The molecule has 0 spiro atoms. The van der Waals surface area contributed by atoms with Crippen molar-refractivity contribution >= 4 is 82.4 Å². The molecular weight excluding hydrogens is 1960 g/mol. The van der Waals surface area contributed by atoms with Crippen molar-refractivity contribution in [1.82, 2.24) is 0 Å². The standard InChI is InChI=1S/2C36H14BF20OP.3C6H6/c2*1-2-11-37(13-15(38)19(42)23(46)20(43)16(13)39,14-17(40)21(44)24(47)22(45)18(14)41)58-12(9-8-10-6-4-3-5-7-10)59(11,35-31(54)27(50)25(48)28(51)32(35)55)36-33(56)29(52)26(49)30(53)34(36)57;3*1-2-4-6-5-3-1/h2*3-9,11-12H,2H2,1H3;3*1-6H/b2*9-8+;;;/t2*11-,12-;;;/m10.../s1. The smallest absolute Gasteiger partial charge is 0.225 e. The fourth-order valence-corrected chi connectivity index (χ4v) is 28.1. The average molecular weight is 2000 g/mol. The Morgan fingerprint density at radius 3 is 0.456 bits per heavy atom. The first-order chi connectivity index (χ1) is 64.2. The lowest BCUT2D eigenvalue weighted by Crippen LogP contribution is -2.70. The SMILES string of the molecule is CC[C@@H]1[B-](c2c(F)c(F)c(F)c(F)c2F)(c2c(F)c(F)c(F)c(F)c2F)O[C@@H](/C=C/c2ccccc2)[P+]1(c1c(F)c(F)c(F)c(F)c1F)c1c(F)c(F)c(F)c(F)c1F.CC[C@H]1[B-](c2c(F)c(F)c(F)c(F)c2F)(c2c(F)c(F)c(F)c(F)c2F)O[C@H](/C=C/c2ccccc2)[P+]1(c1c(F)c(F)c(F)c(F)c1F)c1c(F)c(F)c(F)c(F)c1F.c1ccccc1.c1ccccc1.c1ccccc1. The molecule has 13 aromatic carbocycles. The van der Waals surface area contributed by atoms with Gasteiger partial charge in [-0.3, -0.25) is 0 Å². The summed E-state index contributed by atoms with van der Waals surface area (Å²) in [7, 11) is -13.5. The van der Waals surface area contributed by atoms with Gasteiger partial charge in [0.1, 0.15) is 46.5 Å². The fraction of sp³-hybridized carbons (Fsp3) is 0.0889. The number of hydrogen-bond donors (Lipinski definition) is 0. The Kier molecular flexibility index (Phi) is 31.5. The summed E-state index contributed by atoms with van der Waals surface area (Å²) < 4.78 is 632. The zero-order valence-electron chi connectivity index (χ0n) is 67.2. The van der Waals surface area contributed by atoms with E-state index in [0.717, 1.165) is 24.3 Å². The van der Waals surface area contributed by atoms with Gasteiger partial charge in [-0.15, -0.1) is 0 Å². The Labute approximate surface area is 740 Å². The first kappa shape index (κ1) is 104. The molecule has 15 rings (SSSR count). The van der Waals surface area contributed by atoms with Crippen LogP contribution in [0.1, 0.15) is 37.8 Å². The van der Waals surface area contributed by atoms with Gasteiger partial charge in [0.05, 0.1) is 14.5 Å². The van der Waals surface area contributed by atoms with Gasteiger partial charge in [0, 0.05) is 0 Å². The van der Waals surface area contributed by atoms with Crippen LogP contribution in [0.5, 0.6) is 0 Å².